The van der Waals surface area contributed by atoms with Crippen LogP contribution in [0.3, 0.4) is 0 Å². The molecular formula is C16H13N3OS. The minimum absolute atomic E-state index is 0.174. The molecule has 1 aliphatic rings. The smallest absolute Gasteiger partial charge is 0.246 e. The number of para-hydroxylation sites is 1. The second-order valence-corrected chi connectivity index (χ2v) is 6.21. The number of fused-ring (bicyclic) bond motifs is 3. The third kappa shape index (κ3) is 2.10. The molecule has 1 aliphatic heterocycles. The number of hydrogen-bond acceptors (Lipinski definition) is 3. The van der Waals surface area contributed by atoms with Crippen molar-refractivity contribution in [2.75, 3.05) is 0 Å². The van der Waals surface area contributed by atoms with Gasteiger partial charge in [-0.05, 0) is 17.7 Å². The third-order valence-electron chi connectivity index (χ3n) is 3.66. The molecule has 2 heterocycles. The van der Waals surface area contributed by atoms with Crippen LogP contribution in [0.25, 0.3) is 5.69 Å². The average molecular weight is 295 g/mol. The molecule has 1 N–H and O–H groups in total. The van der Waals surface area contributed by atoms with Gasteiger partial charge in [-0.2, -0.15) is 5.10 Å². The van der Waals surface area contributed by atoms with E-state index in [4.69, 9.17) is 0 Å². The summed E-state index contributed by atoms with van der Waals surface area (Å²) in [6.07, 6.45) is 0.724. The summed E-state index contributed by atoms with van der Waals surface area (Å²) in [5.74, 6) is 0.784. The Labute approximate surface area is 125 Å². The van der Waals surface area contributed by atoms with Crippen LogP contribution in [0.15, 0.2) is 64.3 Å². The fourth-order valence-electron chi connectivity index (χ4n) is 2.67. The number of H-pyrrole nitrogens is 1. The summed E-state index contributed by atoms with van der Waals surface area (Å²) in [5.41, 5.74) is 1.99. The van der Waals surface area contributed by atoms with E-state index in [0.29, 0.717) is 0 Å². The zero-order chi connectivity index (χ0) is 14.2. The highest BCUT2D eigenvalue weighted by Gasteiger charge is 2.25. The highest BCUT2D eigenvalue weighted by atomic mass is 32.2. The van der Waals surface area contributed by atoms with Crippen molar-refractivity contribution in [1.82, 2.24) is 14.8 Å². The number of aromatic nitrogens is 3. The highest BCUT2D eigenvalue weighted by Crippen LogP contribution is 2.42. The number of nitrogens with one attached hydrogen (secondary N) is 1. The summed E-state index contributed by atoms with van der Waals surface area (Å²) >= 11 is 1.79. The largest absolute Gasteiger partial charge is 0.347 e. The highest BCUT2D eigenvalue weighted by molar-refractivity contribution is 7.99. The summed E-state index contributed by atoms with van der Waals surface area (Å²) in [6.45, 7) is 0. The van der Waals surface area contributed by atoms with E-state index in [0.717, 1.165) is 22.8 Å². The Morgan fingerprint density at radius 3 is 2.71 bits per heavy atom. The summed E-state index contributed by atoms with van der Waals surface area (Å²) in [4.78, 5) is 13.2. The van der Waals surface area contributed by atoms with Crippen molar-refractivity contribution in [2.24, 2.45) is 0 Å². The number of nitrogens with zero attached hydrogens (tertiary/aromatic N) is 2. The Bertz CT molecular complexity index is 838. The molecule has 0 saturated carbocycles. The van der Waals surface area contributed by atoms with Crippen LogP contribution in [0.1, 0.15) is 16.6 Å². The molecule has 1 unspecified atom stereocenters. The van der Waals surface area contributed by atoms with Gasteiger partial charge in [-0.15, -0.1) is 11.8 Å². The minimum atomic E-state index is -0.174. The standard InChI is InChI=1S/C16H13N3OS/c20-16-18-17-15-10-14(11-6-2-1-3-7-11)21-13-9-5-4-8-12(13)19(15)16/h1-9,14H,10H2,(H,18,20). The molecule has 0 aliphatic carbocycles. The van der Waals surface area contributed by atoms with Gasteiger partial charge in [-0.3, -0.25) is 0 Å². The molecule has 0 radical (unpaired) electrons. The molecule has 0 bridgehead atoms. The van der Waals surface area contributed by atoms with Gasteiger partial charge in [0.2, 0.25) is 0 Å². The third-order valence-corrected chi connectivity index (χ3v) is 4.98. The molecule has 0 fully saturated rings. The average Bonchev–Trinajstić information content (AvgIpc) is 2.80. The van der Waals surface area contributed by atoms with Gasteiger partial charge < -0.3 is 0 Å². The zero-order valence-electron chi connectivity index (χ0n) is 11.2. The molecule has 0 saturated heterocycles. The normalized spacial score (nSPS) is 16.9. The van der Waals surface area contributed by atoms with Crippen LogP contribution in [0.4, 0.5) is 0 Å². The molecule has 3 aromatic rings. The van der Waals surface area contributed by atoms with Gasteiger partial charge in [0.05, 0.1) is 5.69 Å². The number of thioether (sulfide) groups is 1. The molecule has 1 aromatic heterocycles. The Hall–Kier alpha value is -2.27. The fraction of sp³-hybridized carbons (Fsp3) is 0.125. The predicted molar refractivity (Wildman–Crippen MR) is 82.9 cm³/mol. The lowest BCUT2D eigenvalue weighted by Crippen LogP contribution is -2.16. The first kappa shape index (κ1) is 12.5. The van der Waals surface area contributed by atoms with E-state index in [1.807, 2.05) is 36.4 Å². The maximum Gasteiger partial charge on any atom is 0.347 e. The van der Waals surface area contributed by atoms with Crippen LogP contribution in [-0.2, 0) is 6.42 Å². The van der Waals surface area contributed by atoms with E-state index in [9.17, 15) is 4.79 Å². The molecule has 21 heavy (non-hydrogen) atoms. The Morgan fingerprint density at radius 2 is 1.86 bits per heavy atom. The lowest BCUT2D eigenvalue weighted by molar-refractivity contribution is 0.811. The number of aromatic amines is 1. The molecule has 0 spiro atoms. The molecule has 4 nitrogen and oxygen atoms in total. The molecular weight excluding hydrogens is 282 g/mol. The quantitative estimate of drug-likeness (QED) is 0.751. The number of benzene rings is 2. The van der Waals surface area contributed by atoms with Crippen molar-refractivity contribution < 1.29 is 0 Å². The van der Waals surface area contributed by atoms with Crippen molar-refractivity contribution in [3.8, 4) is 5.69 Å². The predicted octanol–water partition coefficient (Wildman–Crippen LogP) is 2.95. The summed E-state index contributed by atoms with van der Waals surface area (Å²) in [5, 5.41) is 7.02. The van der Waals surface area contributed by atoms with Crippen molar-refractivity contribution >= 4 is 11.8 Å². The van der Waals surface area contributed by atoms with Gasteiger partial charge in [0.1, 0.15) is 5.82 Å². The van der Waals surface area contributed by atoms with Crippen LogP contribution in [0.5, 0.6) is 0 Å². The van der Waals surface area contributed by atoms with Crippen LogP contribution < -0.4 is 5.69 Å². The molecule has 5 heteroatoms. The van der Waals surface area contributed by atoms with Crippen LogP contribution in [0.2, 0.25) is 0 Å². The minimum Gasteiger partial charge on any atom is -0.246 e. The van der Waals surface area contributed by atoms with E-state index in [1.54, 1.807) is 16.3 Å². The van der Waals surface area contributed by atoms with E-state index in [2.05, 4.69) is 28.4 Å². The number of rotatable bonds is 1. The van der Waals surface area contributed by atoms with Gasteiger partial charge in [0.15, 0.2) is 0 Å². The summed E-state index contributed by atoms with van der Waals surface area (Å²) < 4.78 is 1.69. The van der Waals surface area contributed by atoms with Gasteiger partial charge >= 0.3 is 5.69 Å². The second-order valence-electron chi connectivity index (χ2n) is 4.97. The van der Waals surface area contributed by atoms with Gasteiger partial charge in [0, 0.05) is 16.6 Å². The van der Waals surface area contributed by atoms with Crippen LogP contribution in [-0.4, -0.2) is 14.8 Å². The second kappa shape index (κ2) is 4.93. The molecule has 4 rings (SSSR count). The number of hydrogen-bond donors (Lipinski definition) is 1. The van der Waals surface area contributed by atoms with E-state index >= 15 is 0 Å². The van der Waals surface area contributed by atoms with Crippen LogP contribution >= 0.6 is 11.8 Å². The van der Waals surface area contributed by atoms with Gasteiger partial charge in [-0.25, -0.2) is 14.5 Å². The van der Waals surface area contributed by atoms with Crippen molar-refractivity contribution in [3.63, 3.8) is 0 Å². The Morgan fingerprint density at radius 1 is 1.10 bits per heavy atom. The zero-order valence-corrected chi connectivity index (χ0v) is 12.0. The monoisotopic (exact) mass is 295 g/mol. The maximum absolute atomic E-state index is 12.1. The Kier molecular flexibility index (Phi) is 2.93. The SMILES string of the molecule is O=c1[nH]nc2n1-c1ccccc1SC(c1ccccc1)C2. The lowest BCUT2D eigenvalue weighted by atomic mass is 10.1. The topological polar surface area (TPSA) is 50.7 Å². The first-order valence-corrected chi connectivity index (χ1v) is 7.68. The lowest BCUT2D eigenvalue weighted by Gasteiger charge is -2.13. The Balaban J connectivity index is 1.90. The van der Waals surface area contributed by atoms with Gasteiger partial charge in [0.25, 0.3) is 0 Å². The van der Waals surface area contributed by atoms with Crippen LogP contribution in [0, 0.1) is 0 Å². The summed E-state index contributed by atoms with van der Waals surface area (Å²) in [6, 6.07) is 18.3. The summed E-state index contributed by atoms with van der Waals surface area (Å²) in [7, 11) is 0. The van der Waals surface area contributed by atoms with Gasteiger partial charge in [-0.1, -0.05) is 42.5 Å². The first-order chi connectivity index (χ1) is 10.3. The molecule has 0 amide bonds. The fourth-order valence-corrected chi connectivity index (χ4v) is 3.94. The van der Waals surface area contributed by atoms with E-state index < -0.39 is 0 Å². The first-order valence-electron chi connectivity index (χ1n) is 6.80. The van der Waals surface area contributed by atoms with E-state index in [1.165, 1.54) is 5.56 Å². The van der Waals surface area contributed by atoms with Crippen molar-refractivity contribution in [1.29, 1.82) is 0 Å². The van der Waals surface area contributed by atoms with Crippen molar-refractivity contribution in [3.05, 3.63) is 76.5 Å². The maximum atomic E-state index is 12.1. The van der Waals surface area contributed by atoms with E-state index in [-0.39, 0.29) is 10.9 Å². The molecule has 1 atom stereocenters. The molecule has 2 aromatic carbocycles. The van der Waals surface area contributed by atoms with Crippen molar-refractivity contribution in [2.45, 2.75) is 16.6 Å². The molecule has 104 valence electrons.